The molecule has 1 fully saturated rings. The summed E-state index contributed by atoms with van der Waals surface area (Å²) >= 11 is 0. The van der Waals surface area contributed by atoms with Crippen molar-refractivity contribution >= 4 is 15.8 Å². The van der Waals surface area contributed by atoms with Crippen molar-refractivity contribution in [1.29, 1.82) is 0 Å². The highest BCUT2D eigenvalue weighted by Crippen LogP contribution is 2.28. The Morgan fingerprint density at radius 2 is 1.78 bits per heavy atom. The van der Waals surface area contributed by atoms with Gasteiger partial charge in [-0.05, 0) is 25.0 Å². The molecule has 0 aliphatic carbocycles. The van der Waals surface area contributed by atoms with Crippen LogP contribution in [0.4, 0.5) is 0 Å². The molecule has 1 atom stereocenters. The van der Waals surface area contributed by atoms with Gasteiger partial charge in [0, 0.05) is 0 Å². The van der Waals surface area contributed by atoms with Crippen LogP contribution in [-0.2, 0) is 14.8 Å². The Hall–Kier alpha value is -1.20. The van der Waals surface area contributed by atoms with Gasteiger partial charge in [-0.25, -0.2) is 8.42 Å². The van der Waals surface area contributed by atoms with Crippen molar-refractivity contribution in [2.75, 3.05) is 6.54 Å². The van der Waals surface area contributed by atoms with Crippen LogP contribution in [0.15, 0.2) is 29.2 Å². The van der Waals surface area contributed by atoms with E-state index < -0.39 is 16.1 Å². The lowest BCUT2D eigenvalue weighted by Gasteiger charge is -2.40. The second-order valence-corrected chi connectivity index (χ2v) is 6.91. The van der Waals surface area contributed by atoms with Gasteiger partial charge in [0.05, 0.1) is 17.5 Å². The molecule has 0 spiro atoms. The van der Waals surface area contributed by atoms with Crippen LogP contribution in [-0.4, -0.2) is 31.1 Å². The van der Waals surface area contributed by atoms with Crippen LogP contribution in [0.3, 0.4) is 0 Å². The molecule has 0 saturated carbocycles. The first kappa shape index (κ1) is 13.2. The maximum Gasteiger partial charge on any atom is 0.244 e. The number of hydrogen-bond acceptors (Lipinski definition) is 3. The Morgan fingerprint density at radius 1 is 1.22 bits per heavy atom. The highest BCUT2D eigenvalue weighted by Gasteiger charge is 2.46. The van der Waals surface area contributed by atoms with E-state index in [0.717, 1.165) is 5.56 Å². The summed E-state index contributed by atoms with van der Waals surface area (Å²) in [7, 11) is -3.53. The fourth-order valence-corrected chi connectivity index (χ4v) is 3.89. The number of Topliss-reactive ketones (excluding diaryl/α,β-unsaturated/α-hetero) is 1. The highest BCUT2D eigenvalue weighted by atomic mass is 32.2. The molecule has 4 nitrogen and oxygen atoms in total. The molecule has 1 aliphatic heterocycles. The third-order valence-electron chi connectivity index (χ3n) is 3.21. The summed E-state index contributed by atoms with van der Waals surface area (Å²) in [6.45, 7) is 5.62. The molecule has 1 saturated heterocycles. The topological polar surface area (TPSA) is 54.5 Å². The predicted octanol–water partition coefficient (Wildman–Crippen LogP) is 1.59. The maximum absolute atomic E-state index is 12.4. The SMILES string of the molecule is Cc1ccc(S(=O)(=O)N2CC(=O)C2C(C)C)cc1. The van der Waals surface area contributed by atoms with E-state index in [2.05, 4.69) is 0 Å². The number of carbonyl (C=O) groups excluding carboxylic acids is 1. The quantitative estimate of drug-likeness (QED) is 0.835. The molecule has 5 heteroatoms. The smallest absolute Gasteiger partial charge is 0.244 e. The van der Waals surface area contributed by atoms with Gasteiger partial charge < -0.3 is 0 Å². The van der Waals surface area contributed by atoms with E-state index in [4.69, 9.17) is 0 Å². The largest absolute Gasteiger partial charge is 0.296 e. The molecule has 1 aromatic carbocycles. The number of benzene rings is 1. The van der Waals surface area contributed by atoms with Crippen LogP contribution in [0.5, 0.6) is 0 Å². The van der Waals surface area contributed by atoms with Gasteiger partial charge >= 0.3 is 0 Å². The minimum absolute atomic E-state index is 0.000636. The summed E-state index contributed by atoms with van der Waals surface area (Å²) in [5.74, 6) is 0.00663. The number of hydrogen-bond donors (Lipinski definition) is 0. The molecule has 1 heterocycles. The van der Waals surface area contributed by atoms with Crippen LogP contribution < -0.4 is 0 Å². The molecule has 0 aromatic heterocycles. The molecule has 1 aromatic rings. The number of aryl methyl sites for hydroxylation is 1. The Balaban J connectivity index is 2.33. The fraction of sp³-hybridized carbons (Fsp3) is 0.462. The maximum atomic E-state index is 12.4. The first-order valence-electron chi connectivity index (χ1n) is 5.95. The van der Waals surface area contributed by atoms with Crippen molar-refractivity contribution in [2.45, 2.75) is 31.7 Å². The molecule has 0 bridgehead atoms. The van der Waals surface area contributed by atoms with Gasteiger partial charge in [0.2, 0.25) is 10.0 Å². The van der Waals surface area contributed by atoms with Crippen molar-refractivity contribution < 1.29 is 13.2 Å². The van der Waals surface area contributed by atoms with E-state index in [1.807, 2.05) is 20.8 Å². The number of carbonyl (C=O) groups is 1. The predicted molar refractivity (Wildman–Crippen MR) is 68.7 cm³/mol. The van der Waals surface area contributed by atoms with Gasteiger partial charge in [-0.1, -0.05) is 31.5 Å². The van der Waals surface area contributed by atoms with E-state index >= 15 is 0 Å². The zero-order valence-corrected chi connectivity index (χ0v) is 11.6. The molecule has 98 valence electrons. The van der Waals surface area contributed by atoms with Gasteiger partial charge in [0.25, 0.3) is 0 Å². The molecule has 1 unspecified atom stereocenters. The second-order valence-electron chi connectivity index (χ2n) is 5.02. The molecule has 0 amide bonds. The van der Waals surface area contributed by atoms with Crippen molar-refractivity contribution in [1.82, 2.24) is 4.31 Å². The Kier molecular flexibility index (Phi) is 3.29. The van der Waals surface area contributed by atoms with Crippen LogP contribution >= 0.6 is 0 Å². The van der Waals surface area contributed by atoms with Crippen LogP contribution in [0.2, 0.25) is 0 Å². The van der Waals surface area contributed by atoms with Crippen molar-refractivity contribution in [2.24, 2.45) is 5.92 Å². The third-order valence-corrected chi connectivity index (χ3v) is 5.05. The van der Waals surface area contributed by atoms with Crippen molar-refractivity contribution in [3.8, 4) is 0 Å². The lowest BCUT2D eigenvalue weighted by Crippen LogP contribution is -2.61. The fourth-order valence-electron chi connectivity index (χ4n) is 2.18. The molecular weight excluding hydrogens is 250 g/mol. The summed E-state index contributed by atoms with van der Waals surface area (Å²) in [6, 6.07) is 6.20. The highest BCUT2D eigenvalue weighted by molar-refractivity contribution is 7.89. The molecule has 0 radical (unpaired) electrons. The molecular formula is C13H17NO3S. The van der Waals surface area contributed by atoms with E-state index in [1.54, 1.807) is 24.3 Å². The van der Waals surface area contributed by atoms with Gasteiger partial charge in [0.1, 0.15) is 0 Å². The minimum atomic E-state index is -3.53. The number of nitrogens with zero attached hydrogens (tertiary/aromatic N) is 1. The van der Waals surface area contributed by atoms with E-state index in [0.29, 0.717) is 0 Å². The van der Waals surface area contributed by atoms with E-state index in [-0.39, 0.29) is 23.1 Å². The summed E-state index contributed by atoms with van der Waals surface area (Å²) < 4.78 is 26.0. The van der Waals surface area contributed by atoms with E-state index in [9.17, 15) is 13.2 Å². The summed E-state index contributed by atoms with van der Waals surface area (Å²) in [5, 5.41) is 0. The molecule has 2 rings (SSSR count). The lowest BCUT2D eigenvalue weighted by molar-refractivity contribution is -0.132. The van der Waals surface area contributed by atoms with Gasteiger partial charge in [-0.15, -0.1) is 0 Å². The van der Waals surface area contributed by atoms with Gasteiger partial charge in [-0.3, -0.25) is 4.79 Å². The minimum Gasteiger partial charge on any atom is -0.296 e. The normalized spacial score (nSPS) is 21.1. The number of sulfonamides is 1. The van der Waals surface area contributed by atoms with E-state index in [1.165, 1.54) is 4.31 Å². The van der Waals surface area contributed by atoms with Gasteiger partial charge in [0.15, 0.2) is 5.78 Å². The monoisotopic (exact) mass is 267 g/mol. The second kappa shape index (κ2) is 4.48. The lowest BCUT2D eigenvalue weighted by atomic mass is 9.94. The molecule has 1 aliphatic rings. The number of rotatable bonds is 3. The Labute approximate surface area is 108 Å². The molecule has 18 heavy (non-hydrogen) atoms. The Bertz CT molecular complexity index is 560. The summed E-state index contributed by atoms with van der Waals surface area (Å²) in [4.78, 5) is 11.8. The first-order valence-corrected chi connectivity index (χ1v) is 7.39. The van der Waals surface area contributed by atoms with Crippen LogP contribution in [0.1, 0.15) is 19.4 Å². The standard InChI is InChI=1S/C13H17NO3S/c1-9(2)13-12(15)8-14(13)18(16,17)11-6-4-10(3)5-7-11/h4-7,9,13H,8H2,1-3H3. The Morgan fingerprint density at radius 3 is 2.22 bits per heavy atom. The average molecular weight is 267 g/mol. The number of ketones is 1. The summed E-state index contributed by atoms with van der Waals surface area (Å²) in [5.41, 5.74) is 1.01. The zero-order chi connectivity index (χ0) is 13.5. The third kappa shape index (κ3) is 2.08. The first-order chi connectivity index (χ1) is 8.34. The van der Waals surface area contributed by atoms with Crippen molar-refractivity contribution in [3.63, 3.8) is 0 Å². The molecule has 0 N–H and O–H groups in total. The zero-order valence-electron chi connectivity index (χ0n) is 10.8. The summed E-state index contributed by atoms with van der Waals surface area (Å²) in [6.07, 6.45) is 0. The van der Waals surface area contributed by atoms with Crippen molar-refractivity contribution in [3.05, 3.63) is 29.8 Å². The van der Waals surface area contributed by atoms with Gasteiger partial charge in [-0.2, -0.15) is 4.31 Å². The van der Waals surface area contributed by atoms with Crippen LogP contribution in [0, 0.1) is 12.8 Å². The van der Waals surface area contributed by atoms with Crippen LogP contribution in [0.25, 0.3) is 0 Å². The average Bonchev–Trinajstić information content (AvgIpc) is 2.25.